The molecule has 0 saturated heterocycles. The molecule has 1 heterocycles. The summed E-state index contributed by atoms with van der Waals surface area (Å²) in [6, 6.07) is 23.3. The molecule has 0 fully saturated rings. The summed E-state index contributed by atoms with van der Waals surface area (Å²) in [6.45, 7) is 4.69. The molecule has 0 saturated carbocycles. The van der Waals surface area contributed by atoms with Crippen LogP contribution in [0.25, 0.3) is 11.3 Å². The van der Waals surface area contributed by atoms with Gasteiger partial charge in [-0.1, -0.05) is 42.5 Å². The molecule has 0 aliphatic carbocycles. The number of benzene rings is 3. The molecule has 0 aromatic heterocycles. The first-order valence-corrected chi connectivity index (χ1v) is 11.4. The van der Waals surface area contributed by atoms with E-state index < -0.39 is 0 Å². The van der Waals surface area contributed by atoms with E-state index >= 15 is 0 Å². The lowest BCUT2D eigenvalue weighted by atomic mass is 9.98. The SMILES string of the molecule is CC(C)NC(=O)c1ccc2c(c1)C(=C(Nc1ccc(CN(C)C)cc1)c1ccccc1)C(=O)N2. The zero-order valence-electron chi connectivity index (χ0n) is 20.0. The Labute approximate surface area is 200 Å². The number of hydrogen-bond acceptors (Lipinski definition) is 4. The fraction of sp³-hybridized carbons (Fsp3) is 0.214. The van der Waals surface area contributed by atoms with E-state index in [4.69, 9.17) is 0 Å². The molecule has 0 unspecified atom stereocenters. The first kappa shape index (κ1) is 23.3. The van der Waals surface area contributed by atoms with Gasteiger partial charge in [0.1, 0.15) is 0 Å². The Bertz CT molecular complexity index is 1230. The van der Waals surface area contributed by atoms with Crippen LogP contribution < -0.4 is 16.0 Å². The summed E-state index contributed by atoms with van der Waals surface area (Å²) >= 11 is 0. The van der Waals surface area contributed by atoms with Crippen molar-refractivity contribution in [3.05, 3.63) is 95.1 Å². The van der Waals surface area contributed by atoms with Crippen LogP contribution in [-0.2, 0) is 11.3 Å². The number of fused-ring (bicyclic) bond motifs is 1. The van der Waals surface area contributed by atoms with Gasteiger partial charge in [0.05, 0.1) is 11.3 Å². The Morgan fingerprint density at radius 1 is 0.941 bits per heavy atom. The van der Waals surface area contributed by atoms with Crippen LogP contribution in [0.5, 0.6) is 0 Å². The van der Waals surface area contributed by atoms with E-state index in [0.717, 1.165) is 17.8 Å². The average molecular weight is 455 g/mol. The van der Waals surface area contributed by atoms with Gasteiger partial charge in [-0.05, 0) is 69.4 Å². The van der Waals surface area contributed by atoms with Crippen LogP contribution in [-0.4, -0.2) is 36.9 Å². The molecule has 1 aliphatic rings. The Balaban J connectivity index is 1.79. The van der Waals surface area contributed by atoms with Crippen LogP contribution >= 0.6 is 0 Å². The summed E-state index contributed by atoms with van der Waals surface area (Å²) in [5.41, 5.74) is 6.08. The van der Waals surface area contributed by atoms with Gasteiger partial charge in [0.25, 0.3) is 11.8 Å². The van der Waals surface area contributed by atoms with Crippen LogP contribution in [0.15, 0.2) is 72.8 Å². The Morgan fingerprint density at radius 2 is 1.65 bits per heavy atom. The predicted octanol–water partition coefficient (Wildman–Crippen LogP) is 4.82. The number of anilines is 2. The average Bonchev–Trinajstić information content (AvgIpc) is 3.13. The fourth-order valence-electron chi connectivity index (χ4n) is 3.99. The molecule has 0 spiro atoms. The van der Waals surface area contributed by atoms with Crippen molar-refractivity contribution in [3.8, 4) is 0 Å². The largest absolute Gasteiger partial charge is 0.354 e. The minimum absolute atomic E-state index is 0.0209. The zero-order chi connectivity index (χ0) is 24.2. The van der Waals surface area contributed by atoms with Crippen LogP contribution in [0.2, 0.25) is 0 Å². The molecule has 1 aliphatic heterocycles. The van der Waals surface area contributed by atoms with E-state index in [1.165, 1.54) is 5.56 Å². The lowest BCUT2D eigenvalue weighted by molar-refractivity contribution is -0.110. The summed E-state index contributed by atoms with van der Waals surface area (Å²) in [5, 5.41) is 9.34. The number of rotatable bonds is 7. The Kier molecular flexibility index (Phi) is 6.80. The van der Waals surface area contributed by atoms with Gasteiger partial charge in [0.15, 0.2) is 0 Å². The molecule has 0 radical (unpaired) electrons. The number of nitrogens with zero attached hydrogens (tertiary/aromatic N) is 1. The quantitative estimate of drug-likeness (QED) is 0.448. The van der Waals surface area contributed by atoms with Gasteiger partial charge in [-0.3, -0.25) is 9.59 Å². The smallest absolute Gasteiger partial charge is 0.258 e. The van der Waals surface area contributed by atoms with Crippen molar-refractivity contribution >= 4 is 34.5 Å². The van der Waals surface area contributed by atoms with E-state index in [-0.39, 0.29) is 17.9 Å². The first-order valence-electron chi connectivity index (χ1n) is 11.4. The van der Waals surface area contributed by atoms with Crippen molar-refractivity contribution in [1.82, 2.24) is 10.2 Å². The van der Waals surface area contributed by atoms with E-state index in [9.17, 15) is 9.59 Å². The summed E-state index contributed by atoms with van der Waals surface area (Å²) in [5.74, 6) is -0.366. The van der Waals surface area contributed by atoms with Gasteiger partial charge in [-0.2, -0.15) is 0 Å². The molecule has 4 rings (SSSR count). The zero-order valence-corrected chi connectivity index (χ0v) is 20.0. The molecule has 3 N–H and O–H groups in total. The maximum Gasteiger partial charge on any atom is 0.258 e. The standard InChI is InChI=1S/C28H30N4O2/c1-18(2)29-27(33)21-12-15-24-23(16-21)25(28(34)31-24)26(20-8-6-5-7-9-20)30-22-13-10-19(11-14-22)17-32(3)4/h5-16,18,30H,17H2,1-4H3,(H,29,33)(H,31,34). The van der Waals surface area contributed by atoms with Crippen LogP contribution in [0.4, 0.5) is 11.4 Å². The molecule has 34 heavy (non-hydrogen) atoms. The van der Waals surface area contributed by atoms with Crippen molar-refractivity contribution in [2.45, 2.75) is 26.4 Å². The maximum absolute atomic E-state index is 13.2. The van der Waals surface area contributed by atoms with Crippen LogP contribution in [0, 0.1) is 0 Å². The van der Waals surface area contributed by atoms with Gasteiger partial charge < -0.3 is 20.9 Å². The van der Waals surface area contributed by atoms with E-state index in [1.54, 1.807) is 18.2 Å². The molecular formula is C28H30N4O2. The first-order chi connectivity index (χ1) is 16.3. The molecule has 3 aromatic rings. The topological polar surface area (TPSA) is 73.5 Å². The Hall–Kier alpha value is -3.90. The fourth-order valence-corrected chi connectivity index (χ4v) is 3.99. The van der Waals surface area contributed by atoms with Gasteiger partial charge in [-0.15, -0.1) is 0 Å². The van der Waals surface area contributed by atoms with E-state index in [2.05, 4.69) is 33.0 Å². The highest BCUT2D eigenvalue weighted by molar-refractivity contribution is 6.37. The summed E-state index contributed by atoms with van der Waals surface area (Å²) in [6.07, 6.45) is 0. The predicted molar refractivity (Wildman–Crippen MR) is 138 cm³/mol. The molecule has 2 amide bonds. The van der Waals surface area contributed by atoms with Crippen molar-refractivity contribution < 1.29 is 9.59 Å². The second kappa shape index (κ2) is 9.93. The van der Waals surface area contributed by atoms with Crippen LogP contribution in [0.1, 0.15) is 40.9 Å². The second-order valence-corrected chi connectivity index (χ2v) is 9.02. The van der Waals surface area contributed by atoms with E-state index in [1.807, 2.05) is 70.4 Å². The van der Waals surface area contributed by atoms with Crippen LogP contribution in [0.3, 0.4) is 0 Å². The monoisotopic (exact) mass is 454 g/mol. The maximum atomic E-state index is 13.2. The molecule has 6 nitrogen and oxygen atoms in total. The molecule has 174 valence electrons. The number of carbonyl (C=O) groups is 2. The lowest BCUT2D eigenvalue weighted by Crippen LogP contribution is -2.30. The molecule has 0 bridgehead atoms. The van der Waals surface area contributed by atoms with Gasteiger partial charge >= 0.3 is 0 Å². The van der Waals surface area contributed by atoms with Crippen molar-refractivity contribution in [2.75, 3.05) is 24.7 Å². The minimum Gasteiger partial charge on any atom is -0.354 e. The lowest BCUT2D eigenvalue weighted by Gasteiger charge is -2.16. The van der Waals surface area contributed by atoms with Crippen molar-refractivity contribution in [2.24, 2.45) is 0 Å². The molecule has 3 aromatic carbocycles. The highest BCUT2D eigenvalue weighted by Gasteiger charge is 2.29. The highest BCUT2D eigenvalue weighted by atomic mass is 16.2. The normalized spacial score (nSPS) is 14.1. The summed E-state index contributed by atoms with van der Waals surface area (Å²) < 4.78 is 0. The van der Waals surface area contributed by atoms with E-state index in [0.29, 0.717) is 28.1 Å². The number of hydrogen-bond donors (Lipinski definition) is 3. The van der Waals surface area contributed by atoms with Gasteiger partial charge in [0, 0.05) is 35.1 Å². The van der Waals surface area contributed by atoms with Gasteiger partial charge in [-0.25, -0.2) is 0 Å². The number of amides is 2. The van der Waals surface area contributed by atoms with Crippen molar-refractivity contribution in [3.63, 3.8) is 0 Å². The minimum atomic E-state index is -0.202. The third-order valence-electron chi connectivity index (χ3n) is 5.48. The second-order valence-electron chi connectivity index (χ2n) is 9.02. The number of carbonyl (C=O) groups excluding carboxylic acids is 2. The van der Waals surface area contributed by atoms with Gasteiger partial charge in [0.2, 0.25) is 0 Å². The summed E-state index contributed by atoms with van der Waals surface area (Å²) in [7, 11) is 4.08. The summed E-state index contributed by atoms with van der Waals surface area (Å²) in [4.78, 5) is 27.9. The third kappa shape index (κ3) is 5.18. The Morgan fingerprint density at radius 3 is 2.29 bits per heavy atom. The molecule has 6 heteroatoms. The molecular weight excluding hydrogens is 424 g/mol. The highest BCUT2D eigenvalue weighted by Crippen LogP contribution is 2.38. The number of nitrogens with one attached hydrogen (secondary N) is 3. The third-order valence-corrected chi connectivity index (χ3v) is 5.48. The molecule has 0 atom stereocenters. The van der Waals surface area contributed by atoms with Crippen molar-refractivity contribution in [1.29, 1.82) is 0 Å².